The van der Waals surface area contributed by atoms with E-state index in [1.165, 1.54) is 0 Å². The Balaban J connectivity index is 2.25. The molecule has 5 heteroatoms. The second-order valence-corrected chi connectivity index (χ2v) is 5.10. The van der Waals surface area contributed by atoms with Gasteiger partial charge in [0.1, 0.15) is 0 Å². The molecular weight excluding hydrogens is 298 g/mol. The molecule has 1 amide bonds. The van der Waals surface area contributed by atoms with Crippen LogP contribution in [0.3, 0.4) is 0 Å². The SMILES string of the molecule is CC/C(=N/NC(=O)c1ccccc1)c1cc(Cl)ccc1NC. The predicted molar refractivity (Wildman–Crippen MR) is 91.7 cm³/mol. The molecule has 0 aliphatic carbocycles. The van der Waals surface area contributed by atoms with E-state index in [1.807, 2.05) is 50.4 Å². The van der Waals surface area contributed by atoms with Gasteiger partial charge in [0.25, 0.3) is 5.91 Å². The van der Waals surface area contributed by atoms with Crippen molar-refractivity contribution in [3.63, 3.8) is 0 Å². The fraction of sp³-hybridized carbons (Fsp3) is 0.176. The highest BCUT2D eigenvalue weighted by molar-refractivity contribution is 6.31. The second-order valence-electron chi connectivity index (χ2n) is 4.66. The molecule has 114 valence electrons. The summed E-state index contributed by atoms with van der Waals surface area (Å²) in [4.78, 5) is 12.1. The van der Waals surface area contributed by atoms with E-state index in [-0.39, 0.29) is 5.91 Å². The minimum absolute atomic E-state index is 0.236. The summed E-state index contributed by atoms with van der Waals surface area (Å²) < 4.78 is 0. The smallest absolute Gasteiger partial charge is 0.271 e. The van der Waals surface area contributed by atoms with E-state index in [2.05, 4.69) is 15.8 Å². The molecule has 0 heterocycles. The highest BCUT2D eigenvalue weighted by Gasteiger charge is 2.10. The third-order valence-electron chi connectivity index (χ3n) is 3.23. The Morgan fingerprint density at radius 1 is 1.18 bits per heavy atom. The van der Waals surface area contributed by atoms with Crippen LogP contribution in [-0.4, -0.2) is 18.7 Å². The van der Waals surface area contributed by atoms with E-state index < -0.39 is 0 Å². The molecule has 0 aliphatic heterocycles. The van der Waals surface area contributed by atoms with Crippen LogP contribution in [0.1, 0.15) is 29.3 Å². The molecule has 0 aromatic heterocycles. The third-order valence-corrected chi connectivity index (χ3v) is 3.46. The van der Waals surface area contributed by atoms with Crippen LogP contribution in [0.5, 0.6) is 0 Å². The molecule has 22 heavy (non-hydrogen) atoms. The van der Waals surface area contributed by atoms with Crippen molar-refractivity contribution < 1.29 is 4.79 Å². The van der Waals surface area contributed by atoms with Crippen LogP contribution in [0.2, 0.25) is 5.02 Å². The number of halogens is 1. The van der Waals surface area contributed by atoms with Gasteiger partial charge >= 0.3 is 0 Å². The number of anilines is 1. The number of amides is 1. The lowest BCUT2D eigenvalue weighted by atomic mass is 10.1. The van der Waals surface area contributed by atoms with Gasteiger partial charge in [-0.1, -0.05) is 36.7 Å². The fourth-order valence-electron chi connectivity index (χ4n) is 2.08. The molecule has 0 fully saturated rings. The Bertz CT molecular complexity index is 684. The molecule has 2 rings (SSSR count). The van der Waals surface area contributed by atoms with E-state index in [4.69, 9.17) is 11.6 Å². The summed E-state index contributed by atoms with van der Waals surface area (Å²) in [5.74, 6) is -0.236. The highest BCUT2D eigenvalue weighted by Crippen LogP contribution is 2.22. The van der Waals surface area contributed by atoms with Crippen LogP contribution in [0, 0.1) is 0 Å². The van der Waals surface area contributed by atoms with Gasteiger partial charge in [0.2, 0.25) is 0 Å². The van der Waals surface area contributed by atoms with Crippen LogP contribution in [0.15, 0.2) is 53.6 Å². The standard InChI is InChI=1S/C17H18ClN3O/c1-3-15(14-11-13(18)9-10-16(14)19-2)20-21-17(22)12-7-5-4-6-8-12/h4-11,19H,3H2,1-2H3,(H,21,22)/b20-15-. The summed E-state index contributed by atoms with van der Waals surface area (Å²) in [6.45, 7) is 1.98. The number of nitrogens with zero attached hydrogens (tertiary/aromatic N) is 1. The zero-order valence-corrected chi connectivity index (χ0v) is 13.3. The van der Waals surface area contributed by atoms with Gasteiger partial charge in [-0.3, -0.25) is 4.79 Å². The molecule has 0 aliphatic rings. The number of hydrazone groups is 1. The molecule has 0 atom stereocenters. The van der Waals surface area contributed by atoms with Crippen molar-refractivity contribution in [3.8, 4) is 0 Å². The maximum Gasteiger partial charge on any atom is 0.271 e. The minimum atomic E-state index is -0.236. The molecule has 0 bridgehead atoms. The Morgan fingerprint density at radius 2 is 1.91 bits per heavy atom. The van der Waals surface area contributed by atoms with E-state index in [0.29, 0.717) is 17.0 Å². The Morgan fingerprint density at radius 3 is 2.55 bits per heavy atom. The number of benzene rings is 2. The Hall–Kier alpha value is -2.33. The summed E-state index contributed by atoms with van der Waals surface area (Å²) >= 11 is 6.06. The second kappa shape index (κ2) is 7.61. The minimum Gasteiger partial charge on any atom is -0.388 e. The third kappa shape index (κ3) is 3.86. The van der Waals surface area contributed by atoms with Gasteiger partial charge in [0.15, 0.2) is 0 Å². The van der Waals surface area contributed by atoms with Gasteiger partial charge in [-0.05, 0) is 36.8 Å². The molecular formula is C17H18ClN3O. The van der Waals surface area contributed by atoms with Crippen molar-refractivity contribution in [2.24, 2.45) is 5.10 Å². The van der Waals surface area contributed by atoms with Crippen LogP contribution >= 0.6 is 11.6 Å². The summed E-state index contributed by atoms with van der Waals surface area (Å²) in [7, 11) is 1.84. The quantitative estimate of drug-likeness (QED) is 0.649. The lowest BCUT2D eigenvalue weighted by Crippen LogP contribution is -2.20. The first-order chi connectivity index (χ1) is 10.7. The Kier molecular flexibility index (Phi) is 5.55. The van der Waals surface area contributed by atoms with Gasteiger partial charge in [-0.2, -0.15) is 5.10 Å². The number of hydrogen-bond donors (Lipinski definition) is 2. The zero-order valence-electron chi connectivity index (χ0n) is 12.6. The maximum absolute atomic E-state index is 12.1. The number of nitrogens with one attached hydrogen (secondary N) is 2. The molecule has 0 saturated carbocycles. The van der Waals surface area contributed by atoms with E-state index in [0.717, 1.165) is 17.0 Å². The van der Waals surface area contributed by atoms with Crippen molar-refractivity contribution >= 4 is 28.9 Å². The van der Waals surface area contributed by atoms with Gasteiger partial charge < -0.3 is 5.32 Å². The number of hydrogen-bond acceptors (Lipinski definition) is 3. The van der Waals surface area contributed by atoms with Crippen LogP contribution in [-0.2, 0) is 0 Å². The summed E-state index contributed by atoms with van der Waals surface area (Å²) in [6.07, 6.45) is 0.671. The highest BCUT2D eigenvalue weighted by atomic mass is 35.5. The van der Waals surface area contributed by atoms with Crippen molar-refractivity contribution in [3.05, 3.63) is 64.7 Å². The normalized spacial score (nSPS) is 11.1. The molecule has 0 unspecified atom stereocenters. The summed E-state index contributed by atoms with van der Waals surface area (Å²) in [5.41, 5.74) is 5.72. The molecule has 2 aromatic rings. The van der Waals surface area contributed by atoms with E-state index in [1.54, 1.807) is 12.1 Å². The lowest BCUT2D eigenvalue weighted by molar-refractivity contribution is 0.0955. The summed E-state index contributed by atoms with van der Waals surface area (Å²) in [5, 5.41) is 7.99. The molecule has 0 spiro atoms. The largest absolute Gasteiger partial charge is 0.388 e. The topological polar surface area (TPSA) is 53.5 Å². The Labute approximate surface area is 135 Å². The van der Waals surface area contributed by atoms with Crippen LogP contribution < -0.4 is 10.7 Å². The lowest BCUT2D eigenvalue weighted by Gasteiger charge is -2.11. The van der Waals surface area contributed by atoms with Crippen molar-refractivity contribution in [2.75, 3.05) is 12.4 Å². The maximum atomic E-state index is 12.1. The van der Waals surface area contributed by atoms with Gasteiger partial charge in [-0.25, -0.2) is 5.43 Å². The molecule has 2 N–H and O–H groups in total. The van der Waals surface area contributed by atoms with Crippen molar-refractivity contribution in [1.82, 2.24) is 5.43 Å². The van der Waals surface area contributed by atoms with Gasteiger partial charge in [0, 0.05) is 28.9 Å². The number of carbonyl (C=O) groups excluding carboxylic acids is 1. The van der Waals surface area contributed by atoms with Gasteiger partial charge in [0.05, 0.1) is 5.71 Å². The monoisotopic (exact) mass is 315 g/mol. The average molecular weight is 316 g/mol. The zero-order chi connectivity index (χ0) is 15.9. The van der Waals surface area contributed by atoms with Crippen molar-refractivity contribution in [1.29, 1.82) is 0 Å². The number of rotatable bonds is 5. The van der Waals surface area contributed by atoms with Crippen molar-refractivity contribution in [2.45, 2.75) is 13.3 Å². The van der Waals surface area contributed by atoms with E-state index in [9.17, 15) is 4.79 Å². The molecule has 0 saturated heterocycles. The van der Waals surface area contributed by atoms with Crippen LogP contribution in [0.25, 0.3) is 0 Å². The average Bonchev–Trinajstić information content (AvgIpc) is 2.56. The first-order valence-corrected chi connectivity index (χ1v) is 7.43. The molecule has 0 radical (unpaired) electrons. The van der Waals surface area contributed by atoms with Crippen LogP contribution in [0.4, 0.5) is 5.69 Å². The first-order valence-electron chi connectivity index (χ1n) is 7.05. The fourth-order valence-corrected chi connectivity index (χ4v) is 2.25. The van der Waals surface area contributed by atoms with E-state index >= 15 is 0 Å². The molecule has 4 nitrogen and oxygen atoms in total. The predicted octanol–water partition coefficient (Wildman–Crippen LogP) is 3.93. The first kappa shape index (κ1) is 16.0. The number of carbonyl (C=O) groups is 1. The molecule has 2 aromatic carbocycles. The van der Waals surface area contributed by atoms with Gasteiger partial charge in [-0.15, -0.1) is 0 Å². The summed E-state index contributed by atoms with van der Waals surface area (Å²) in [6, 6.07) is 14.5.